The van der Waals surface area contributed by atoms with Gasteiger partial charge in [-0.3, -0.25) is 14.4 Å². The van der Waals surface area contributed by atoms with Crippen LogP contribution in [0.15, 0.2) is 49.1 Å². The minimum Gasteiger partial charge on any atom is -0.481 e. The van der Waals surface area contributed by atoms with Crippen molar-refractivity contribution in [3.05, 3.63) is 69.9 Å². The Bertz CT molecular complexity index is 2910. The van der Waals surface area contributed by atoms with Crippen molar-refractivity contribution in [1.29, 1.82) is 0 Å². The fraction of sp³-hybridized carbons (Fsp3) is 0.308. The number of likely N-dealkylation sites (N-methyl/N-ethyl adjacent to an activating group) is 2. The summed E-state index contributed by atoms with van der Waals surface area (Å²) in [4.78, 5) is 61.3. The highest BCUT2D eigenvalue weighted by atomic mass is 32.1. The predicted molar refractivity (Wildman–Crippen MR) is 231 cm³/mol. The van der Waals surface area contributed by atoms with Gasteiger partial charge in [0.1, 0.15) is 45.0 Å². The van der Waals surface area contributed by atoms with E-state index in [0.717, 1.165) is 88.0 Å². The lowest BCUT2D eigenvalue weighted by Gasteiger charge is -2.27. The molecule has 2 aromatic carbocycles. The number of carboxylic acids is 1. The summed E-state index contributed by atoms with van der Waals surface area (Å²) in [5.74, 6) is 0.318. The third-order valence-corrected chi connectivity index (χ3v) is 14.4. The molecule has 0 saturated heterocycles. The van der Waals surface area contributed by atoms with Crippen LogP contribution in [0.3, 0.4) is 0 Å². The second-order valence-corrected chi connectivity index (χ2v) is 18.4. The van der Waals surface area contributed by atoms with E-state index in [1.54, 1.807) is 61.4 Å². The van der Waals surface area contributed by atoms with Gasteiger partial charge in [0.2, 0.25) is 11.8 Å². The molecule has 0 fully saturated rings. The molecule has 0 saturated carbocycles. The number of fused-ring (bicyclic) bond motifs is 8. The van der Waals surface area contributed by atoms with Crippen LogP contribution in [-0.4, -0.2) is 99.5 Å². The van der Waals surface area contributed by atoms with Crippen LogP contribution in [0.5, 0.6) is 0 Å². The van der Waals surface area contributed by atoms with E-state index >= 15 is 0 Å². The van der Waals surface area contributed by atoms with E-state index in [1.165, 1.54) is 44.0 Å². The monoisotopic (exact) mass is 864 g/mol. The van der Waals surface area contributed by atoms with E-state index in [0.29, 0.717) is 19.3 Å². The zero-order valence-corrected chi connectivity index (χ0v) is 35.3. The maximum Gasteiger partial charge on any atom is 0.306 e. The Balaban J connectivity index is 0.000000156. The van der Waals surface area contributed by atoms with Gasteiger partial charge in [0, 0.05) is 48.2 Å². The summed E-state index contributed by atoms with van der Waals surface area (Å²) in [6, 6.07) is 11.8. The Morgan fingerprint density at radius 3 is 1.75 bits per heavy atom. The zero-order valence-electron chi connectivity index (χ0n) is 32.0. The SMILES string of the molecule is CN(C)C(=O)CN(C)C(=O)[C@H]1CCc2c(sc3ncnc(Nc4ccc5nnsc5c4)c23)C1.O=C(O)[C@H]1CCc2c(sc3ncnc(Nc4ccc5nnsc5c4)c23)C1. The molecule has 10 rings (SSSR count). The Kier molecular flexibility index (Phi) is 10.5. The van der Waals surface area contributed by atoms with Gasteiger partial charge < -0.3 is 25.5 Å². The van der Waals surface area contributed by atoms with Crippen molar-refractivity contribution in [3.63, 3.8) is 0 Å². The van der Waals surface area contributed by atoms with Gasteiger partial charge in [-0.05, 0) is 109 Å². The maximum absolute atomic E-state index is 13.0. The summed E-state index contributed by atoms with van der Waals surface area (Å²) in [6.45, 7) is 0.0980. The van der Waals surface area contributed by atoms with Gasteiger partial charge in [-0.1, -0.05) is 8.98 Å². The Hall–Kier alpha value is -5.83. The molecule has 2 amide bonds. The molecule has 0 spiro atoms. The number of nitrogens with one attached hydrogen (secondary N) is 2. The van der Waals surface area contributed by atoms with Gasteiger partial charge in [0.15, 0.2) is 0 Å². The number of rotatable bonds is 8. The topological polar surface area (TPSA) is 205 Å². The molecule has 2 aliphatic rings. The standard InChI is InChI=1S/C22H23N7O2S2.C17H13N5O2S2/c1-28(2)18(30)10-29(3)22(31)12-4-6-14-16(8-12)32-21-19(14)20(23-11-24-21)25-13-5-7-15-17(9-13)33-27-26-15;23-17(24)8-1-3-10-12(5-8)25-16-14(10)15(18-7-19-16)20-9-2-4-11-13(6-9)26-22-21-11/h5,7,9,11-12H,4,6,8,10H2,1-3H3,(H,23,24,25);2,4,6-8H,1,3,5H2,(H,23,24)(H,18,19,20)/t12-;8-/m00/s1. The summed E-state index contributed by atoms with van der Waals surface area (Å²) < 4.78 is 9.98. The Labute approximate surface area is 352 Å². The van der Waals surface area contributed by atoms with Crippen LogP contribution in [0.2, 0.25) is 0 Å². The van der Waals surface area contributed by atoms with E-state index in [2.05, 4.69) is 49.7 Å². The molecule has 59 heavy (non-hydrogen) atoms. The van der Waals surface area contributed by atoms with Crippen LogP contribution in [0.25, 0.3) is 40.9 Å². The van der Waals surface area contributed by atoms with Crippen molar-refractivity contribution in [2.75, 3.05) is 38.3 Å². The molecule has 0 unspecified atom stereocenters. The number of carbonyl (C=O) groups is 3. The average molecular weight is 865 g/mol. The van der Waals surface area contributed by atoms with Crippen molar-refractivity contribution < 1.29 is 19.5 Å². The molecule has 0 radical (unpaired) electrons. The largest absolute Gasteiger partial charge is 0.481 e. The van der Waals surface area contributed by atoms with Crippen LogP contribution in [0.1, 0.15) is 33.7 Å². The van der Waals surface area contributed by atoms with Crippen molar-refractivity contribution >= 4 is 127 Å². The first-order valence-electron chi connectivity index (χ1n) is 18.8. The molecular weight excluding hydrogens is 829 g/mol. The lowest BCUT2D eigenvalue weighted by Crippen LogP contribution is -2.41. The summed E-state index contributed by atoms with van der Waals surface area (Å²) in [7, 11) is 5.10. The first kappa shape index (κ1) is 38.7. The molecule has 3 N–H and O–H groups in total. The first-order valence-corrected chi connectivity index (χ1v) is 21.9. The predicted octanol–water partition coefficient (Wildman–Crippen LogP) is 6.72. The molecule has 20 heteroatoms. The van der Waals surface area contributed by atoms with Gasteiger partial charge in [-0.15, -0.1) is 32.9 Å². The molecule has 0 aliphatic heterocycles. The molecule has 6 heterocycles. The van der Waals surface area contributed by atoms with Crippen LogP contribution >= 0.6 is 45.7 Å². The van der Waals surface area contributed by atoms with E-state index in [1.807, 2.05) is 36.4 Å². The lowest BCUT2D eigenvalue weighted by molar-refractivity contribution is -0.142. The van der Waals surface area contributed by atoms with Crippen LogP contribution < -0.4 is 10.6 Å². The summed E-state index contributed by atoms with van der Waals surface area (Å²) in [6.07, 6.45) is 7.27. The molecule has 0 bridgehead atoms. The Morgan fingerprint density at radius 1 is 0.729 bits per heavy atom. The highest BCUT2D eigenvalue weighted by Gasteiger charge is 2.32. The minimum atomic E-state index is -0.719. The lowest BCUT2D eigenvalue weighted by atomic mass is 9.87. The normalized spacial score (nSPS) is 16.0. The number of aryl methyl sites for hydroxylation is 2. The third-order valence-electron chi connectivity index (χ3n) is 10.7. The number of anilines is 4. The number of amides is 2. The molecule has 8 aromatic rings. The van der Waals surface area contributed by atoms with E-state index in [-0.39, 0.29) is 30.2 Å². The number of benzene rings is 2. The quantitative estimate of drug-likeness (QED) is 0.145. The second-order valence-electron chi connectivity index (χ2n) is 14.7. The van der Waals surface area contributed by atoms with Crippen molar-refractivity contribution in [1.82, 2.24) is 48.9 Å². The number of carbonyl (C=O) groups excluding carboxylic acids is 2. The Morgan fingerprint density at radius 2 is 1.24 bits per heavy atom. The second kappa shape index (κ2) is 16.1. The number of nitrogens with zero attached hydrogens (tertiary/aromatic N) is 10. The van der Waals surface area contributed by atoms with Gasteiger partial charge in [0.25, 0.3) is 0 Å². The minimum absolute atomic E-state index is 0.0178. The van der Waals surface area contributed by atoms with Gasteiger partial charge in [0.05, 0.1) is 32.6 Å². The van der Waals surface area contributed by atoms with Crippen molar-refractivity contribution in [2.24, 2.45) is 11.8 Å². The fourth-order valence-electron chi connectivity index (χ4n) is 7.55. The van der Waals surface area contributed by atoms with Crippen LogP contribution in [0.4, 0.5) is 23.0 Å². The average Bonchev–Trinajstić information content (AvgIpc) is 4.05. The molecule has 2 aliphatic carbocycles. The highest BCUT2D eigenvalue weighted by Crippen LogP contribution is 2.42. The number of hydrogen-bond acceptors (Lipinski definition) is 17. The summed E-state index contributed by atoms with van der Waals surface area (Å²) in [5.41, 5.74) is 5.99. The smallest absolute Gasteiger partial charge is 0.306 e. The highest BCUT2D eigenvalue weighted by molar-refractivity contribution is 7.19. The van der Waals surface area contributed by atoms with Crippen molar-refractivity contribution in [3.8, 4) is 0 Å². The van der Waals surface area contributed by atoms with Gasteiger partial charge in [-0.2, -0.15) is 0 Å². The molecule has 6 aromatic heterocycles. The van der Waals surface area contributed by atoms with Gasteiger partial charge >= 0.3 is 5.97 Å². The molecular formula is C39H36N12O4S4. The molecule has 16 nitrogen and oxygen atoms in total. The number of carboxylic acid groups (broad SMARTS) is 1. The van der Waals surface area contributed by atoms with E-state index in [9.17, 15) is 19.5 Å². The zero-order chi connectivity index (χ0) is 40.8. The van der Waals surface area contributed by atoms with E-state index in [4.69, 9.17) is 0 Å². The molecule has 300 valence electrons. The number of aromatic nitrogens is 8. The van der Waals surface area contributed by atoms with Gasteiger partial charge in [-0.25, -0.2) is 19.9 Å². The number of aliphatic carboxylic acids is 1. The number of hydrogen-bond donors (Lipinski definition) is 3. The van der Waals surface area contributed by atoms with Crippen LogP contribution in [0, 0.1) is 11.8 Å². The van der Waals surface area contributed by atoms with Crippen molar-refractivity contribution in [2.45, 2.75) is 38.5 Å². The maximum atomic E-state index is 13.0. The summed E-state index contributed by atoms with van der Waals surface area (Å²) in [5, 5.41) is 26.3. The molecule has 2 atom stereocenters. The van der Waals surface area contributed by atoms with E-state index < -0.39 is 5.97 Å². The fourth-order valence-corrected chi connectivity index (χ4v) is 11.3. The number of thiophene rings is 2. The van der Waals surface area contributed by atoms with Crippen LogP contribution in [-0.2, 0) is 40.1 Å². The first-order chi connectivity index (χ1) is 28.6. The third kappa shape index (κ3) is 7.75. The summed E-state index contributed by atoms with van der Waals surface area (Å²) >= 11 is 5.92.